The number of urea groups is 1. The summed E-state index contributed by atoms with van der Waals surface area (Å²) in [7, 11) is 0. The van der Waals surface area contributed by atoms with Crippen LogP contribution in [0.25, 0.3) is 0 Å². The van der Waals surface area contributed by atoms with E-state index in [1.807, 2.05) is 19.1 Å². The largest absolute Gasteiger partial charge is 0.338 e. The van der Waals surface area contributed by atoms with E-state index in [0.717, 1.165) is 24.1 Å². The number of nitrogens with zero attached hydrogens (tertiary/aromatic N) is 2. The highest BCUT2D eigenvalue weighted by Crippen LogP contribution is 2.33. The summed E-state index contributed by atoms with van der Waals surface area (Å²) in [5.41, 5.74) is -0.726. The Morgan fingerprint density at radius 1 is 1.31 bits per heavy atom. The second kappa shape index (κ2) is 7.96. The van der Waals surface area contributed by atoms with Gasteiger partial charge in [-0.2, -0.15) is 0 Å². The van der Waals surface area contributed by atoms with Gasteiger partial charge in [-0.15, -0.1) is 11.3 Å². The molecule has 1 saturated heterocycles. The predicted octanol–water partition coefficient (Wildman–Crippen LogP) is 3.39. The van der Waals surface area contributed by atoms with Crippen LogP contribution in [0.2, 0.25) is 4.34 Å². The summed E-state index contributed by atoms with van der Waals surface area (Å²) in [4.78, 5) is 41.5. The molecule has 2 heterocycles. The van der Waals surface area contributed by atoms with Gasteiger partial charge in [-0.3, -0.25) is 14.5 Å². The number of hydrogen-bond acceptors (Lipinski definition) is 4. The number of carbonyl (C=O) groups excluding carboxylic acids is 3. The lowest BCUT2D eigenvalue weighted by molar-refractivity contribution is -0.134. The second-order valence-electron chi connectivity index (χ2n) is 6.89. The maximum Gasteiger partial charge on any atom is 0.325 e. The van der Waals surface area contributed by atoms with Crippen molar-refractivity contribution >= 4 is 40.8 Å². The van der Waals surface area contributed by atoms with Gasteiger partial charge in [0.25, 0.3) is 5.91 Å². The lowest BCUT2D eigenvalue weighted by Crippen LogP contribution is -2.48. The third-order valence-corrected chi connectivity index (χ3v) is 6.43. The minimum Gasteiger partial charge on any atom is -0.338 e. The maximum atomic E-state index is 12.7. The minimum absolute atomic E-state index is 0.0674. The molecule has 0 unspecified atom stereocenters. The van der Waals surface area contributed by atoms with Gasteiger partial charge in [0.15, 0.2) is 0 Å². The maximum absolute atomic E-state index is 12.7. The van der Waals surface area contributed by atoms with Crippen molar-refractivity contribution in [3.05, 3.63) is 21.3 Å². The Morgan fingerprint density at radius 2 is 2.04 bits per heavy atom. The molecule has 1 N–H and O–H groups in total. The molecule has 1 saturated carbocycles. The van der Waals surface area contributed by atoms with Crippen molar-refractivity contribution in [1.29, 1.82) is 0 Å². The highest BCUT2D eigenvalue weighted by Gasteiger charge is 2.51. The topological polar surface area (TPSA) is 69.7 Å². The van der Waals surface area contributed by atoms with Gasteiger partial charge in [0.1, 0.15) is 5.54 Å². The predicted molar refractivity (Wildman–Crippen MR) is 101 cm³/mol. The van der Waals surface area contributed by atoms with Crippen LogP contribution in [0.15, 0.2) is 12.1 Å². The standard InChI is InChI=1S/C18H24ClN3O3S/c1-2-21(12-13-6-7-14(19)26-13)15(23)8-11-22-16(24)18(20-17(22)25)9-4-3-5-10-18/h6-7H,2-5,8-12H2,1H3,(H,20,25). The van der Waals surface area contributed by atoms with Crippen molar-refractivity contribution in [2.45, 2.75) is 57.5 Å². The zero-order valence-corrected chi connectivity index (χ0v) is 16.5. The van der Waals surface area contributed by atoms with E-state index in [2.05, 4.69) is 5.32 Å². The van der Waals surface area contributed by atoms with Crippen molar-refractivity contribution in [2.24, 2.45) is 0 Å². The quantitative estimate of drug-likeness (QED) is 0.748. The zero-order valence-electron chi connectivity index (χ0n) is 14.9. The Bertz CT molecular complexity index is 700. The van der Waals surface area contributed by atoms with Crippen LogP contribution in [-0.2, 0) is 16.1 Å². The van der Waals surface area contributed by atoms with E-state index in [-0.39, 0.29) is 30.8 Å². The zero-order chi connectivity index (χ0) is 18.7. The Labute approximate surface area is 162 Å². The molecule has 1 aliphatic carbocycles. The highest BCUT2D eigenvalue weighted by molar-refractivity contribution is 7.16. The van der Waals surface area contributed by atoms with Gasteiger partial charge >= 0.3 is 6.03 Å². The summed E-state index contributed by atoms with van der Waals surface area (Å²) < 4.78 is 0.695. The van der Waals surface area contributed by atoms with E-state index in [1.54, 1.807) is 4.90 Å². The molecule has 1 aliphatic heterocycles. The number of rotatable bonds is 6. The molecule has 8 heteroatoms. The molecule has 6 nitrogen and oxygen atoms in total. The number of thiophene rings is 1. The van der Waals surface area contributed by atoms with Crippen LogP contribution in [0.3, 0.4) is 0 Å². The SMILES string of the molecule is CCN(Cc1ccc(Cl)s1)C(=O)CCN1C(=O)NC2(CCCCC2)C1=O. The van der Waals surface area contributed by atoms with Crippen molar-refractivity contribution < 1.29 is 14.4 Å². The molecule has 0 aromatic carbocycles. The molecule has 2 aliphatic rings. The van der Waals surface area contributed by atoms with Gasteiger partial charge in [0.05, 0.1) is 10.9 Å². The Morgan fingerprint density at radius 3 is 2.65 bits per heavy atom. The number of nitrogens with one attached hydrogen (secondary N) is 1. The number of amides is 4. The molecule has 1 aromatic rings. The van der Waals surface area contributed by atoms with Crippen LogP contribution >= 0.6 is 22.9 Å². The lowest BCUT2D eigenvalue weighted by Gasteiger charge is -2.30. The third kappa shape index (κ3) is 3.88. The van der Waals surface area contributed by atoms with E-state index < -0.39 is 5.54 Å². The highest BCUT2D eigenvalue weighted by atomic mass is 35.5. The van der Waals surface area contributed by atoms with Crippen LogP contribution in [0.1, 0.15) is 50.3 Å². The second-order valence-corrected chi connectivity index (χ2v) is 8.69. The van der Waals surface area contributed by atoms with E-state index in [1.165, 1.54) is 16.2 Å². The molecule has 26 heavy (non-hydrogen) atoms. The van der Waals surface area contributed by atoms with Gasteiger partial charge in [-0.05, 0) is 31.9 Å². The van der Waals surface area contributed by atoms with Gasteiger partial charge in [0.2, 0.25) is 5.91 Å². The first-order valence-electron chi connectivity index (χ1n) is 9.11. The van der Waals surface area contributed by atoms with Crippen LogP contribution in [0.5, 0.6) is 0 Å². The van der Waals surface area contributed by atoms with E-state index in [9.17, 15) is 14.4 Å². The fraction of sp³-hybridized carbons (Fsp3) is 0.611. The number of halogens is 1. The first kappa shape index (κ1) is 19.2. The molecule has 4 amide bonds. The molecule has 3 rings (SSSR count). The number of carbonyl (C=O) groups is 3. The van der Waals surface area contributed by atoms with Gasteiger partial charge in [-0.1, -0.05) is 30.9 Å². The van der Waals surface area contributed by atoms with Crippen LogP contribution < -0.4 is 5.32 Å². The molecule has 1 aromatic heterocycles. The van der Waals surface area contributed by atoms with E-state index in [4.69, 9.17) is 11.6 Å². The molecule has 2 fully saturated rings. The van der Waals surface area contributed by atoms with Gasteiger partial charge < -0.3 is 10.2 Å². The molecular weight excluding hydrogens is 374 g/mol. The average molecular weight is 398 g/mol. The van der Waals surface area contributed by atoms with Gasteiger partial charge in [0, 0.05) is 24.4 Å². The Kier molecular flexibility index (Phi) is 5.87. The number of imide groups is 1. The van der Waals surface area contributed by atoms with Crippen LogP contribution in [0, 0.1) is 0 Å². The van der Waals surface area contributed by atoms with Crippen molar-refractivity contribution in [1.82, 2.24) is 15.1 Å². The molecule has 1 spiro atoms. The Hall–Kier alpha value is -1.60. The summed E-state index contributed by atoms with van der Waals surface area (Å²) in [6.45, 7) is 3.11. The van der Waals surface area contributed by atoms with Crippen molar-refractivity contribution in [2.75, 3.05) is 13.1 Å². The summed E-state index contributed by atoms with van der Waals surface area (Å²) in [6.07, 6.45) is 4.53. The minimum atomic E-state index is -0.726. The average Bonchev–Trinajstić information content (AvgIpc) is 3.13. The third-order valence-electron chi connectivity index (χ3n) is 5.21. The fourth-order valence-electron chi connectivity index (χ4n) is 3.74. The first-order chi connectivity index (χ1) is 12.4. The van der Waals surface area contributed by atoms with Crippen LogP contribution in [-0.4, -0.2) is 46.3 Å². The summed E-state index contributed by atoms with van der Waals surface area (Å²) in [6, 6.07) is 3.36. The summed E-state index contributed by atoms with van der Waals surface area (Å²) in [5.74, 6) is -0.231. The van der Waals surface area contributed by atoms with Crippen molar-refractivity contribution in [3.63, 3.8) is 0 Å². The van der Waals surface area contributed by atoms with E-state index in [0.29, 0.717) is 30.3 Å². The van der Waals surface area contributed by atoms with Gasteiger partial charge in [-0.25, -0.2) is 4.79 Å². The smallest absolute Gasteiger partial charge is 0.325 e. The summed E-state index contributed by atoms with van der Waals surface area (Å²) in [5, 5.41) is 2.88. The monoisotopic (exact) mass is 397 g/mol. The normalized spacial score (nSPS) is 19.1. The molecule has 0 bridgehead atoms. The molecule has 142 valence electrons. The lowest BCUT2D eigenvalue weighted by atomic mass is 9.82. The molecular formula is C18H24ClN3O3S. The first-order valence-corrected chi connectivity index (χ1v) is 10.3. The Balaban J connectivity index is 1.57. The molecule has 0 radical (unpaired) electrons. The number of hydrogen-bond donors (Lipinski definition) is 1. The van der Waals surface area contributed by atoms with E-state index >= 15 is 0 Å². The molecule has 0 atom stereocenters. The van der Waals surface area contributed by atoms with Crippen molar-refractivity contribution in [3.8, 4) is 0 Å². The van der Waals surface area contributed by atoms with Crippen LogP contribution in [0.4, 0.5) is 4.79 Å². The summed E-state index contributed by atoms with van der Waals surface area (Å²) >= 11 is 7.39. The fourth-order valence-corrected chi connectivity index (χ4v) is 4.84.